The van der Waals surface area contributed by atoms with Crippen LogP contribution in [0.4, 0.5) is 4.79 Å². The van der Waals surface area contributed by atoms with Gasteiger partial charge in [0.1, 0.15) is 6.61 Å². The van der Waals surface area contributed by atoms with E-state index >= 15 is 0 Å². The fourth-order valence-corrected chi connectivity index (χ4v) is 3.84. The minimum atomic E-state index is -0.567. The Morgan fingerprint density at radius 1 is 1.09 bits per heavy atom. The quantitative estimate of drug-likeness (QED) is 0.573. The zero-order valence-electron chi connectivity index (χ0n) is 17.7. The van der Waals surface area contributed by atoms with Gasteiger partial charge in [-0.15, -0.1) is 0 Å². The van der Waals surface area contributed by atoms with E-state index in [0.29, 0.717) is 31.0 Å². The van der Waals surface area contributed by atoms with Crippen LogP contribution in [0.3, 0.4) is 0 Å². The van der Waals surface area contributed by atoms with E-state index in [1.807, 2.05) is 60.7 Å². The Balaban J connectivity index is 1.59. The number of nitrogens with zero attached hydrogens (tertiary/aromatic N) is 1. The van der Waals surface area contributed by atoms with E-state index < -0.39 is 11.5 Å². The molecule has 2 aromatic carbocycles. The zero-order valence-corrected chi connectivity index (χ0v) is 17.7. The van der Waals surface area contributed by atoms with Crippen LogP contribution in [0, 0.1) is 0 Å². The van der Waals surface area contributed by atoms with Gasteiger partial charge in [0.15, 0.2) is 17.3 Å². The molecule has 0 N–H and O–H groups in total. The van der Waals surface area contributed by atoms with Gasteiger partial charge in [0.05, 0.1) is 0 Å². The molecule has 0 spiro atoms. The van der Waals surface area contributed by atoms with Gasteiger partial charge < -0.3 is 19.1 Å². The van der Waals surface area contributed by atoms with Crippen molar-refractivity contribution in [2.75, 3.05) is 19.9 Å². The molecular weight excluding hydrogens is 406 g/mol. The minimum Gasteiger partial charge on any atom is -0.454 e. The molecule has 0 radical (unpaired) electrons. The fourth-order valence-electron chi connectivity index (χ4n) is 3.84. The molecule has 32 heavy (non-hydrogen) atoms. The molecule has 0 saturated heterocycles. The molecule has 0 fully saturated rings. The van der Waals surface area contributed by atoms with Gasteiger partial charge in [0.25, 0.3) is 0 Å². The summed E-state index contributed by atoms with van der Waals surface area (Å²) in [5.41, 5.74) is 1.40. The molecule has 1 heterocycles. The second-order valence-corrected chi connectivity index (χ2v) is 7.70. The number of hydrogen-bond donors (Lipinski definition) is 0. The normalized spacial score (nSPS) is 15.4. The molecule has 0 aromatic heterocycles. The molecule has 164 valence electrons. The van der Waals surface area contributed by atoms with E-state index in [1.165, 1.54) is 0 Å². The van der Waals surface area contributed by atoms with Crippen LogP contribution in [0.1, 0.15) is 17.5 Å². The number of carbonyl (C=O) groups excluding carboxylic acids is 2. The lowest BCUT2D eigenvalue weighted by Crippen LogP contribution is -2.36. The van der Waals surface area contributed by atoms with Gasteiger partial charge in [-0.25, -0.2) is 4.79 Å². The smallest absolute Gasteiger partial charge is 0.410 e. The summed E-state index contributed by atoms with van der Waals surface area (Å²) in [5, 5.41) is 0. The summed E-state index contributed by atoms with van der Waals surface area (Å²) in [7, 11) is 0. The average Bonchev–Trinajstić information content (AvgIpc) is 3.30. The first kappa shape index (κ1) is 21.4. The summed E-state index contributed by atoms with van der Waals surface area (Å²) in [6, 6.07) is 15.5. The number of ketones is 1. The number of benzene rings is 2. The molecule has 0 saturated carbocycles. The maximum Gasteiger partial charge on any atom is 0.410 e. The first-order valence-electron chi connectivity index (χ1n) is 10.5. The lowest BCUT2D eigenvalue weighted by atomic mass is 9.74. The van der Waals surface area contributed by atoms with E-state index in [-0.39, 0.29) is 19.2 Å². The lowest BCUT2D eigenvalue weighted by Gasteiger charge is -2.32. The molecule has 4 rings (SSSR count). The maximum absolute atomic E-state index is 12.8. The van der Waals surface area contributed by atoms with E-state index in [0.717, 1.165) is 11.1 Å². The Morgan fingerprint density at radius 3 is 2.59 bits per heavy atom. The Labute approximate surface area is 187 Å². The number of amides is 1. The topological polar surface area (TPSA) is 65.1 Å². The molecule has 6 heteroatoms. The largest absolute Gasteiger partial charge is 0.454 e. The van der Waals surface area contributed by atoms with Crippen LogP contribution in [0.25, 0.3) is 0 Å². The van der Waals surface area contributed by atoms with Gasteiger partial charge in [-0.3, -0.25) is 4.79 Å². The Bertz CT molecular complexity index is 1040. The van der Waals surface area contributed by atoms with Crippen molar-refractivity contribution in [3.8, 4) is 11.5 Å². The van der Waals surface area contributed by atoms with Crippen molar-refractivity contribution >= 4 is 11.9 Å². The van der Waals surface area contributed by atoms with Crippen molar-refractivity contribution in [3.63, 3.8) is 0 Å². The van der Waals surface area contributed by atoms with Crippen molar-refractivity contribution in [2.24, 2.45) is 0 Å². The van der Waals surface area contributed by atoms with Crippen molar-refractivity contribution in [1.82, 2.24) is 4.90 Å². The van der Waals surface area contributed by atoms with Crippen LogP contribution in [-0.2, 0) is 21.5 Å². The highest BCUT2D eigenvalue weighted by atomic mass is 16.7. The van der Waals surface area contributed by atoms with Crippen molar-refractivity contribution < 1.29 is 23.8 Å². The standard InChI is InChI=1S/C26H25NO5/c1-2-16-30-25(29)27(18-20-6-4-3-5-7-20)15-14-26(12-10-22(28)11-13-26)21-8-9-23-24(17-21)32-19-31-23/h2-13,17H,1,14-16,18-19H2. The molecule has 2 aliphatic rings. The number of carbonyl (C=O) groups is 2. The van der Waals surface area contributed by atoms with Crippen molar-refractivity contribution in [1.29, 1.82) is 0 Å². The van der Waals surface area contributed by atoms with Gasteiger partial charge in [-0.2, -0.15) is 0 Å². The van der Waals surface area contributed by atoms with Crippen LogP contribution >= 0.6 is 0 Å². The second-order valence-electron chi connectivity index (χ2n) is 7.70. The number of hydrogen-bond acceptors (Lipinski definition) is 5. The minimum absolute atomic E-state index is 0.0621. The van der Waals surface area contributed by atoms with Crippen LogP contribution in [0.15, 0.2) is 85.5 Å². The predicted octanol–water partition coefficient (Wildman–Crippen LogP) is 4.56. The molecule has 0 atom stereocenters. The number of fused-ring (bicyclic) bond motifs is 1. The first-order valence-corrected chi connectivity index (χ1v) is 10.5. The maximum atomic E-state index is 12.8. The highest BCUT2D eigenvalue weighted by Crippen LogP contribution is 2.40. The summed E-state index contributed by atoms with van der Waals surface area (Å²) in [6.45, 7) is 4.78. The number of allylic oxidation sites excluding steroid dienone is 4. The van der Waals surface area contributed by atoms with Gasteiger partial charge in [0.2, 0.25) is 6.79 Å². The number of rotatable bonds is 8. The van der Waals surface area contributed by atoms with Gasteiger partial charge in [-0.05, 0) is 41.8 Å². The third-order valence-corrected chi connectivity index (χ3v) is 5.59. The third-order valence-electron chi connectivity index (χ3n) is 5.59. The first-order chi connectivity index (χ1) is 15.6. The van der Waals surface area contributed by atoms with Gasteiger partial charge >= 0.3 is 6.09 Å². The SMILES string of the molecule is C=CCOC(=O)N(CCC1(c2ccc3c(c2)OCO3)C=CC(=O)C=C1)Cc1ccccc1. The lowest BCUT2D eigenvalue weighted by molar-refractivity contribution is -0.110. The highest BCUT2D eigenvalue weighted by molar-refractivity contribution is 6.00. The third kappa shape index (κ3) is 4.75. The molecule has 1 amide bonds. The van der Waals surface area contributed by atoms with Crippen molar-refractivity contribution in [2.45, 2.75) is 18.4 Å². The summed E-state index contributed by atoms with van der Waals surface area (Å²) in [5.74, 6) is 1.31. The van der Waals surface area contributed by atoms with Crippen LogP contribution < -0.4 is 9.47 Å². The zero-order chi connectivity index (χ0) is 22.4. The predicted molar refractivity (Wildman–Crippen MR) is 121 cm³/mol. The van der Waals surface area contributed by atoms with Crippen LogP contribution in [0.5, 0.6) is 11.5 Å². The Kier molecular flexibility index (Phi) is 6.40. The van der Waals surface area contributed by atoms with Crippen LogP contribution in [-0.4, -0.2) is 36.7 Å². The molecule has 2 aromatic rings. The number of ether oxygens (including phenoxy) is 3. The van der Waals surface area contributed by atoms with Gasteiger partial charge in [-0.1, -0.05) is 61.2 Å². The molecule has 6 nitrogen and oxygen atoms in total. The molecular formula is C26H25NO5. The molecule has 0 bridgehead atoms. The van der Waals surface area contributed by atoms with E-state index in [4.69, 9.17) is 14.2 Å². The molecule has 1 aliphatic carbocycles. The van der Waals surface area contributed by atoms with E-state index in [9.17, 15) is 9.59 Å². The summed E-state index contributed by atoms with van der Waals surface area (Å²) in [4.78, 5) is 26.3. The van der Waals surface area contributed by atoms with Gasteiger partial charge in [0, 0.05) is 18.5 Å². The summed E-state index contributed by atoms with van der Waals surface area (Å²) >= 11 is 0. The summed E-state index contributed by atoms with van der Waals surface area (Å²) < 4.78 is 16.3. The fraction of sp³-hybridized carbons (Fsp3) is 0.231. The monoisotopic (exact) mass is 431 g/mol. The van der Waals surface area contributed by atoms with Crippen LogP contribution in [0.2, 0.25) is 0 Å². The molecule has 0 unspecified atom stereocenters. The Hall–Kier alpha value is -3.80. The average molecular weight is 431 g/mol. The highest BCUT2D eigenvalue weighted by Gasteiger charge is 2.32. The van der Waals surface area contributed by atoms with E-state index in [2.05, 4.69) is 6.58 Å². The van der Waals surface area contributed by atoms with Crippen molar-refractivity contribution in [3.05, 3.63) is 96.6 Å². The summed E-state index contributed by atoms with van der Waals surface area (Å²) in [6.07, 6.45) is 8.62. The second kappa shape index (κ2) is 9.56. The Morgan fingerprint density at radius 2 is 1.84 bits per heavy atom. The van der Waals surface area contributed by atoms with E-state index in [1.54, 1.807) is 23.1 Å². The molecule has 1 aliphatic heterocycles.